The van der Waals surface area contributed by atoms with Crippen molar-refractivity contribution in [3.63, 3.8) is 0 Å². The highest BCUT2D eigenvalue weighted by Crippen LogP contribution is 2.29. The van der Waals surface area contributed by atoms with E-state index in [0.717, 1.165) is 11.4 Å². The van der Waals surface area contributed by atoms with Gasteiger partial charge in [-0.3, -0.25) is 4.90 Å². The Kier molecular flexibility index (Phi) is 3.07. The van der Waals surface area contributed by atoms with Crippen LogP contribution in [0.25, 0.3) is 0 Å². The van der Waals surface area contributed by atoms with Crippen molar-refractivity contribution in [2.24, 2.45) is 0 Å². The molecule has 2 unspecified atom stereocenters. The van der Waals surface area contributed by atoms with Crippen LogP contribution in [0.5, 0.6) is 0 Å². The second-order valence-corrected chi connectivity index (χ2v) is 5.37. The predicted octanol–water partition coefficient (Wildman–Crippen LogP) is 1.41. The molecule has 0 spiro atoms. The summed E-state index contributed by atoms with van der Waals surface area (Å²) in [6, 6.07) is 1.19. The lowest BCUT2D eigenvalue weighted by molar-refractivity contribution is 0.192. The minimum atomic E-state index is 0.512. The van der Waals surface area contributed by atoms with Crippen LogP contribution in [-0.2, 0) is 0 Å². The number of anilines is 2. The fourth-order valence-corrected chi connectivity index (χ4v) is 3.20. The molecule has 0 aliphatic carbocycles. The number of fused-ring (bicyclic) bond motifs is 1. The number of rotatable bonds is 2. The molecule has 2 fully saturated rings. The molecular weight excluding hydrogens is 226 g/mol. The zero-order valence-corrected chi connectivity index (χ0v) is 10.9. The van der Waals surface area contributed by atoms with Crippen LogP contribution in [0, 0.1) is 6.92 Å². The smallest absolute Gasteiger partial charge is 0.134 e. The molecule has 98 valence electrons. The molecular formula is C13H21N5. The maximum atomic E-state index is 5.83. The Hall–Kier alpha value is -1.36. The highest BCUT2D eigenvalue weighted by molar-refractivity contribution is 5.54. The van der Waals surface area contributed by atoms with Crippen LogP contribution < -0.4 is 11.1 Å². The first kappa shape index (κ1) is 11.7. The van der Waals surface area contributed by atoms with Crippen LogP contribution in [0.4, 0.5) is 11.6 Å². The van der Waals surface area contributed by atoms with E-state index in [2.05, 4.69) is 20.2 Å². The number of nitrogens with zero attached hydrogens (tertiary/aromatic N) is 3. The van der Waals surface area contributed by atoms with Crippen LogP contribution >= 0.6 is 0 Å². The van der Waals surface area contributed by atoms with Gasteiger partial charge in [0, 0.05) is 24.2 Å². The monoisotopic (exact) mass is 247 g/mol. The van der Waals surface area contributed by atoms with E-state index in [4.69, 9.17) is 5.73 Å². The average molecular weight is 247 g/mol. The Morgan fingerprint density at radius 1 is 1.28 bits per heavy atom. The van der Waals surface area contributed by atoms with E-state index in [1.165, 1.54) is 45.1 Å². The summed E-state index contributed by atoms with van der Waals surface area (Å²) in [6.07, 6.45) is 6.75. The van der Waals surface area contributed by atoms with Gasteiger partial charge in [0.05, 0.1) is 0 Å². The molecule has 1 aromatic rings. The number of aromatic nitrogens is 2. The fourth-order valence-electron chi connectivity index (χ4n) is 3.20. The van der Waals surface area contributed by atoms with Crippen LogP contribution in [0.15, 0.2) is 6.33 Å². The number of nitrogens with two attached hydrogens (primary N) is 1. The highest BCUT2D eigenvalue weighted by atomic mass is 15.2. The van der Waals surface area contributed by atoms with E-state index in [1.54, 1.807) is 0 Å². The van der Waals surface area contributed by atoms with Crippen molar-refractivity contribution in [3.05, 3.63) is 11.9 Å². The van der Waals surface area contributed by atoms with Gasteiger partial charge in [-0.15, -0.1) is 0 Å². The topological polar surface area (TPSA) is 67.1 Å². The van der Waals surface area contributed by atoms with E-state index in [9.17, 15) is 0 Å². The summed E-state index contributed by atoms with van der Waals surface area (Å²) >= 11 is 0. The average Bonchev–Trinajstić information content (AvgIpc) is 2.79. The first-order valence-electron chi connectivity index (χ1n) is 6.83. The molecule has 3 N–H and O–H groups in total. The lowest BCUT2D eigenvalue weighted by Gasteiger charge is -2.32. The van der Waals surface area contributed by atoms with E-state index in [1.807, 2.05) is 6.92 Å². The summed E-state index contributed by atoms with van der Waals surface area (Å²) in [5.74, 6) is 1.48. The van der Waals surface area contributed by atoms with Crippen molar-refractivity contribution in [2.45, 2.75) is 44.7 Å². The molecule has 2 saturated heterocycles. The molecule has 2 aliphatic heterocycles. The van der Waals surface area contributed by atoms with E-state index in [-0.39, 0.29) is 0 Å². The quantitative estimate of drug-likeness (QED) is 0.827. The normalized spacial score (nSPS) is 28.1. The number of piperidine rings is 1. The number of nitrogens with one attached hydrogen (secondary N) is 1. The Morgan fingerprint density at radius 3 is 3.06 bits per heavy atom. The first-order valence-corrected chi connectivity index (χ1v) is 6.83. The Morgan fingerprint density at radius 2 is 2.17 bits per heavy atom. The maximum Gasteiger partial charge on any atom is 0.134 e. The van der Waals surface area contributed by atoms with Gasteiger partial charge in [-0.1, -0.05) is 6.42 Å². The number of nitrogen functional groups attached to an aromatic ring is 1. The predicted molar refractivity (Wildman–Crippen MR) is 72.4 cm³/mol. The lowest BCUT2D eigenvalue weighted by atomic mass is 9.99. The summed E-state index contributed by atoms with van der Waals surface area (Å²) in [5.41, 5.74) is 6.79. The van der Waals surface area contributed by atoms with Gasteiger partial charge in [-0.2, -0.15) is 0 Å². The van der Waals surface area contributed by atoms with Gasteiger partial charge in [0.1, 0.15) is 18.0 Å². The third kappa shape index (κ3) is 2.03. The fraction of sp³-hybridized carbons (Fsp3) is 0.692. The van der Waals surface area contributed by atoms with Gasteiger partial charge in [0.25, 0.3) is 0 Å². The first-order chi connectivity index (χ1) is 8.75. The zero-order chi connectivity index (χ0) is 12.5. The molecule has 18 heavy (non-hydrogen) atoms. The van der Waals surface area contributed by atoms with Gasteiger partial charge >= 0.3 is 0 Å². The third-order valence-electron chi connectivity index (χ3n) is 4.30. The minimum Gasteiger partial charge on any atom is -0.383 e. The lowest BCUT2D eigenvalue weighted by Crippen LogP contribution is -2.42. The summed E-state index contributed by atoms with van der Waals surface area (Å²) in [5, 5.41) is 3.58. The molecule has 5 nitrogen and oxygen atoms in total. The summed E-state index contributed by atoms with van der Waals surface area (Å²) < 4.78 is 0. The molecule has 3 rings (SSSR count). The molecule has 0 aromatic carbocycles. The zero-order valence-electron chi connectivity index (χ0n) is 10.9. The van der Waals surface area contributed by atoms with Crippen LogP contribution in [0.3, 0.4) is 0 Å². The van der Waals surface area contributed by atoms with Crippen molar-refractivity contribution < 1.29 is 0 Å². The van der Waals surface area contributed by atoms with Crippen LogP contribution in [0.1, 0.15) is 31.2 Å². The summed E-state index contributed by atoms with van der Waals surface area (Å²) in [6.45, 7) is 4.45. The Labute approximate surface area is 108 Å². The van der Waals surface area contributed by atoms with Crippen molar-refractivity contribution in [2.75, 3.05) is 24.1 Å². The van der Waals surface area contributed by atoms with Crippen molar-refractivity contribution in [1.82, 2.24) is 14.9 Å². The van der Waals surface area contributed by atoms with Crippen molar-refractivity contribution in [1.29, 1.82) is 0 Å². The van der Waals surface area contributed by atoms with Crippen molar-refractivity contribution in [3.8, 4) is 0 Å². The minimum absolute atomic E-state index is 0.512. The molecule has 0 amide bonds. The van der Waals surface area contributed by atoms with E-state index in [0.29, 0.717) is 17.9 Å². The van der Waals surface area contributed by atoms with Crippen LogP contribution in [0.2, 0.25) is 0 Å². The molecule has 0 saturated carbocycles. The Balaban J connectivity index is 1.74. The molecule has 0 bridgehead atoms. The van der Waals surface area contributed by atoms with Gasteiger partial charge in [0.15, 0.2) is 0 Å². The second kappa shape index (κ2) is 4.72. The van der Waals surface area contributed by atoms with Gasteiger partial charge in [-0.25, -0.2) is 9.97 Å². The van der Waals surface area contributed by atoms with Gasteiger partial charge in [-0.05, 0) is 32.7 Å². The molecule has 1 aromatic heterocycles. The van der Waals surface area contributed by atoms with Crippen molar-refractivity contribution >= 4 is 11.6 Å². The van der Waals surface area contributed by atoms with Gasteiger partial charge < -0.3 is 11.1 Å². The molecule has 2 atom stereocenters. The molecule has 3 heterocycles. The maximum absolute atomic E-state index is 5.83. The standard InChI is InChI=1S/C13H21N5/c1-9-12(14)15-8-16-13(9)17-10-5-7-18-6-3-2-4-11(10)18/h8,10-11H,2-7H2,1H3,(H3,14,15,16,17). The Bertz CT molecular complexity index is 433. The van der Waals surface area contributed by atoms with E-state index < -0.39 is 0 Å². The third-order valence-corrected chi connectivity index (χ3v) is 4.30. The SMILES string of the molecule is Cc1c(N)ncnc1NC1CCN2CCCCC12. The van der Waals surface area contributed by atoms with Crippen LogP contribution in [-0.4, -0.2) is 40.0 Å². The largest absolute Gasteiger partial charge is 0.383 e. The summed E-state index contributed by atoms with van der Waals surface area (Å²) in [7, 11) is 0. The molecule has 5 heteroatoms. The molecule has 2 aliphatic rings. The number of hydrogen-bond acceptors (Lipinski definition) is 5. The molecule has 0 radical (unpaired) electrons. The van der Waals surface area contributed by atoms with E-state index >= 15 is 0 Å². The number of hydrogen-bond donors (Lipinski definition) is 2. The second-order valence-electron chi connectivity index (χ2n) is 5.37. The summed E-state index contributed by atoms with van der Waals surface area (Å²) in [4.78, 5) is 10.9. The van der Waals surface area contributed by atoms with Gasteiger partial charge in [0.2, 0.25) is 0 Å². The highest BCUT2D eigenvalue weighted by Gasteiger charge is 2.35.